The normalized spacial score (nSPS) is 14.1. The molecule has 9 heteroatoms. The number of anilines is 1. The number of nitrogens with zero attached hydrogens (tertiary/aromatic N) is 7. The highest BCUT2D eigenvalue weighted by Gasteiger charge is 2.22. The Morgan fingerprint density at radius 3 is 2.48 bits per heavy atom. The zero-order valence-electron chi connectivity index (χ0n) is 16.3. The molecule has 3 aromatic rings. The van der Waals surface area contributed by atoms with Gasteiger partial charge in [-0.2, -0.15) is 5.10 Å². The fraction of sp³-hybridized carbons (Fsp3) is 0.350. The third-order valence-electron chi connectivity index (χ3n) is 5.03. The van der Waals surface area contributed by atoms with E-state index in [0.717, 1.165) is 36.6 Å². The fourth-order valence-electron chi connectivity index (χ4n) is 3.35. The summed E-state index contributed by atoms with van der Waals surface area (Å²) in [6, 6.07) is 9.75. The van der Waals surface area contributed by atoms with Gasteiger partial charge in [0.2, 0.25) is 5.91 Å². The van der Waals surface area contributed by atoms with Gasteiger partial charge in [-0.15, -0.1) is 0 Å². The Labute approximate surface area is 169 Å². The first kappa shape index (κ1) is 18.9. The lowest BCUT2D eigenvalue weighted by molar-refractivity contribution is -0.131. The van der Waals surface area contributed by atoms with Crippen molar-refractivity contribution in [3.8, 4) is 11.6 Å². The smallest absolute Gasteiger partial charge is 0.223 e. The number of methoxy groups -OCH3 is 1. The van der Waals surface area contributed by atoms with Gasteiger partial charge in [0.15, 0.2) is 5.82 Å². The number of amides is 1. The molecule has 0 bridgehead atoms. The summed E-state index contributed by atoms with van der Waals surface area (Å²) < 4.78 is 6.77. The number of piperazine rings is 1. The maximum atomic E-state index is 12.6. The standard InChI is InChI=1S/C20H23N7O2/c1-29-17-5-2-16(3-6-17)4-7-20(28)26-10-8-25(9-11-26)18-12-19(23-14-22-18)27-15-21-13-24-27/h2-3,5-6,12-15H,4,7-11H2,1H3. The van der Waals surface area contributed by atoms with E-state index < -0.39 is 0 Å². The van der Waals surface area contributed by atoms with E-state index in [-0.39, 0.29) is 5.91 Å². The molecule has 3 heterocycles. The summed E-state index contributed by atoms with van der Waals surface area (Å²) in [6.45, 7) is 2.85. The van der Waals surface area contributed by atoms with Crippen LogP contribution < -0.4 is 9.64 Å². The molecule has 0 spiro atoms. The second-order valence-electron chi connectivity index (χ2n) is 6.79. The Balaban J connectivity index is 1.30. The van der Waals surface area contributed by atoms with Crippen molar-refractivity contribution in [2.45, 2.75) is 12.8 Å². The third-order valence-corrected chi connectivity index (χ3v) is 5.03. The molecule has 1 aromatic carbocycles. The van der Waals surface area contributed by atoms with Crippen LogP contribution >= 0.6 is 0 Å². The Morgan fingerprint density at radius 2 is 1.79 bits per heavy atom. The number of ether oxygens (including phenoxy) is 1. The van der Waals surface area contributed by atoms with E-state index in [0.29, 0.717) is 25.3 Å². The second-order valence-corrected chi connectivity index (χ2v) is 6.79. The predicted octanol–water partition coefficient (Wildman–Crippen LogP) is 1.35. The van der Waals surface area contributed by atoms with Gasteiger partial charge in [0.25, 0.3) is 0 Å². The minimum absolute atomic E-state index is 0.187. The van der Waals surface area contributed by atoms with E-state index in [2.05, 4.69) is 25.0 Å². The number of carbonyl (C=O) groups is 1. The molecule has 29 heavy (non-hydrogen) atoms. The second kappa shape index (κ2) is 8.68. The van der Waals surface area contributed by atoms with Gasteiger partial charge in [-0.1, -0.05) is 12.1 Å². The molecule has 0 radical (unpaired) electrons. The van der Waals surface area contributed by atoms with Crippen molar-refractivity contribution >= 4 is 11.7 Å². The van der Waals surface area contributed by atoms with Gasteiger partial charge in [0.1, 0.15) is 30.5 Å². The van der Waals surface area contributed by atoms with Gasteiger partial charge in [0, 0.05) is 38.7 Å². The van der Waals surface area contributed by atoms with Crippen LogP contribution in [0.5, 0.6) is 5.75 Å². The molecule has 0 N–H and O–H groups in total. The number of hydrogen-bond acceptors (Lipinski definition) is 7. The zero-order chi connectivity index (χ0) is 20.1. The van der Waals surface area contributed by atoms with Crippen molar-refractivity contribution in [1.82, 2.24) is 29.6 Å². The molecule has 1 fully saturated rings. The highest BCUT2D eigenvalue weighted by Crippen LogP contribution is 2.17. The van der Waals surface area contributed by atoms with Crippen LogP contribution in [0.3, 0.4) is 0 Å². The van der Waals surface area contributed by atoms with Crippen LogP contribution in [-0.4, -0.2) is 68.8 Å². The molecule has 1 aliphatic rings. The van der Waals surface area contributed by atoms with Crippen molar-refractivity contribution in [2.75, 3.05) is 38.2 Å². The molecule has 4 rings (SSSR count). The van der Waals surface area contributed by atoms with Crippen LogP contribution in [0.25, 0.3) is 5.82 Å². The molecule has 150 valence electrons. The van der Waals surface area contributed by atoms with Crippen molar-refractivity contribution in [3.05, 3.63) is 54.9 Å². The van der Waals surface area contributed by atoms with E-state index in [1.807, 2.05) is 35.2 Å². The lowest BCUT2D eigenvalue weighted by Gasteiger charge is -2.35. The van der Waals surface area contributed by atoms with Crippen molar-refractivity contribution in [1.29, 1.82) is 0 Å². The number of rotatable bonds is 6. The van der Waals surface area contributed by atoms with Gasteiger partial charge in [-0.3, -0.25) is 4.79 Å². The van der Waals surface area contributed by atoms with Crippen molar-refractivity contribution < 1.29 is 9.53 Å². The van der Waals surface area contributed by atoms with Gasteiger partial charge >= 0.3 is 0 Å². The number of aromatic nitrogens is 5. The molecule has 2 aromatic heterocycles. The summed E-state index contributed by atoms with van der Waals surface area (Å²) in [7, 11) is 1.65. The third kappa shape index (κ3) is 4.50. The Morgan fingerprint density at radius 1 is 1.03 bits per heavy atom. The summed E-state index contributed by atoms with van der Waals surface area (Å²) in [5.74, 6) is 2.51. The largest absolute Gasteiger partial charge is 0.497 e. The van der Waals surface area contributed by atoms with E-state index in [1.54, 1.807) is 18.1 Å². The molecule has 0 saturated carbocycles. The summed E-state index contributed by atoms with van der Waals surface area (Å²) in [5.41, 5.74) is 1.14. The van der Waals surface area contributed by atoms with Crippen molar-refractivity contribution in [3.63, 3.8) is 0 Å². The van der Waals surface area contributed by atoms with Crippen LogP contribution in [0.2, 0.25) is 0 Å². The first-order chi connectivity index (χ1) is 14.2. The van der Waals surface area contributed by atoms with Crippen LogP contribution in [0.4, 0.5) is 5.82 Å². The van der Waals surface area contributed by atoms with Gasteiger partial charge in [0.05, 0.1) is 7.11 Å². The van der Waals surface area contributed by atoms with E-state index in [1.165, 1.54) is 12.7 Å². The van der Waals surface area contributed by atoms with Gasteiger partial charge < -0.3 is 14.5 Å². The van der Waals surface area contributed by atoms with Crippen LogP contribution in [0, 0.1) is 0 Å². The number of aryl methyl sites for hydroxylation is 1. The lowest BCUT2D eigenvalue weighted by atomic mass is 10.1. The van der Waals surface area contributed by atoms with Crippen LogP contribution in [0.15, 0.2) is 49.3 Å². The monoisotopic (exact) mass is 393 g/mol. The fourth-order valence-corrected chi connectivity index (χ4v) is 3.35. The summed E-state index contributed by atoms with van der Waals surface area (Å²) in [6.07, 6.45) is 5.84. The number of benzene rings is 1. The topological polar surface area (TPSA) is 89.3 Å². The average molecular weight is 393 g/mol. The molecular weight excluding hydrogens is 370 g/mol. The minimum Gasteiger partial charge on any atom is -0.497 e. The highest BCUT2D eigenvalue weighted by atomic mass is 16.5. The average Bonchev–Trinajstić information content (AvgIpc) is 3.33. The molecule has 1 amide bonds. The molecule has 1 aliphatic heterocycles. The molecule has 0 aliphatic carbocycles. The van der Waals surface area contributed by atoms with E-state index >= 15 is 0 Å². The summed E-state index contributed by atoms with van der Waals surface area (Å²) in [4.78, 5) is 29.2. The quantitative estimate of drug-likeness (QED) is 0.624. The maximum Gasteiger partial charge on any atom is 0.223 e. The predicted molar refractivity (Wildman–Crippen MR) is 107 cm³/mol. The minimum atomic E-state index is 0.187. The van der Waals surface area contributed by atoms with Gasteiger partial charge in [-0.05, 0) is 24.1 Å². The number of carbonyl (C=O) groups excluding carboxylic acids is 1. The van der Waals surface area contributed by atoms with Crippen molar-refractivity contribution in [2.24, 2.45) is 0 Å². The van der Waals surface area contributed by atoms with Crippen LogP contribution in [0.1, 0.15) is 12.0 Å². The van der Waals surface area contributed by atoms with E-state index in [4.69, 9.17) is 4.74 Å². The maximum absolute atomic E-state index is 12.6. The first-order valence-electron chi connectivity index (χ1n) is 9.55. The molecule has 0 atom stereocenters. The lowest BCUT2D eigenvalue weighted by Crippen LogP contribution is -2.49. The van der Waals surface area contributed by atoms with E-state index in [9.17, 15) is 4.79 Å². The van der Waals surface area contributed by atoms with Gasteiger partial charge in [-0.25, -0.2) is 19.6 Å². The zero-order valence-corrected chi connectivity index (χ0v) is 16.3. The highest BCUT2D eigenvalue weighted by molar-refractivity contribution is 5.76. The summed E-state index contributed by atoms with van der Waals surface area (Å²) >= 11 is 0. The Bertz CT molecular complexity index is 936. The molecular formula is C20H23N7O2. The molecule has 1 saturated heterocycles. The Kier molecular flexibility index (Phi) is 5.64. The Hall–Kier alpha value is -3.49. The molecule has 9 nitrogen and oxygen atoms in total. The summed E-state index contributed by atoms with van der Waals surface area (Å²) in [5, 5.41) is 4.10. The number of hydrogen-bond donors (Lipinski definition) is 0. The van der Waals surface area contributed by atoms with Crippen LogP contribution in [-0.2, 0) is 11.2 Å². The molecule has 0 unspecified atom stereocenters. The first-order valence-corrected chi connectivity index (χ1v) is 9.55. The SMILES string of the molecule is COc1ccc(CCC(=O)N2CCN(c3cc(-n4cncn4)ncn3)CC2)cc1.